The molecule has 1 amide bonds. The van der Waals surface area contributed by atoms with Crippen LogP contribution in [-0.2, 0) is 4.79 Å². The van der Waals surface area contributed by atoms with Gasteiger partial charge in [0, 0.05) is 12.5 Å². The summed E-state index contributed by atoms with van der Waals surface area (Å²) < 4.78 is 1.94. The Bertz CT molecular complexity index is 393. The van der Waals surface area contributed by atoms with Crippen molar-refractivity contribution in [2.24, 2.45) is 11.8 Å². The fourth-order valence-corrected chi connectivity index (χ4v) is 2.08. The Kier molecular flexibility index (Phi) is 3.50. The fourth-order valence-electron chi connectivity index (χ4n) is 2.08. The molecule has 1 saturated carbocycles. The van der Waals surface area contributed by atoms with Gasteiger partial charge in [-0.15, -0.1) is 0 Å². The van der Waals surface area contributed by atoms with Crippen molar-refractivity contribution in [2.45, 2.75) is 46.1 Å². The molecule has 1 aliphatic carbocycles. The highest BCUT2D eigenvalue weighted by atomic mass is 16.1. The van der Waals surface area contributed by atoms with Crippen LogP contribution in [0.25, 0.3) is 0 Å². The summed E-state index contributed by atoms with van der Waals surface area (Å²) in [5.41, 5.74) is 0. The molecule has 1 N–H and O–H groups in total. The Morgan fingerprint density at radius 3 is 2.82 bits per heavy atom. The van der Waals surface area contributed by atoms with Crippen molar-refractivity contribution in [3.05, 3.63) is 12.3 Å². The lowest BCUT2D eigenvalue weighted by molar-refractivity contribution is -0.116. The maximum absolute atomic E-state index is 11.7. The highest BCUT2D eigenvalue weighted by molar-refractivity contribution is 5.89. The molecule has 1 fully saturated rings. The van der Waals surface area contributed by atoms with Gasteiger partial charge in [-0.05, 0) is 31.6 Å². The van der Waals surface area contributed by atoms with E-state index in [0.717, 1.165) is 11.7 Å². The van der Waals surface area contributed by atoms with Crippen molar-refractivity contribution in [3.63, 3.8) is 0 Å². The van der Waals surface area contributed by atoms with Crippen LogP contribution in [0, 0.1) is 11.8 Å². The Morgan fingerprint density at radius 1 is 1.53 bits per heavy atom. The molecule has 4 heteroatoms. The standard InChI is InChI=1S/C13H21N3O/c1-9(2)8-13(17)15-12-6-7-14-16(12)10(3)11-4-5-11/h6-7,9-11H,4-5,8H2,1-3H3,(H,15,17). The van der Waals surface area contributed by atoms with Crippen molar-refractivity contribution in [2.75, 3.05) is 5.32 Å². The van der Waals surface area contributed by atoms with Crippen LogP contribution in [0.4, 0.5) is 5.82 Å². The minimum atomic E-state index is 0.0738. The van der Waals surface area contributed by atoms with Crippen LogP contribution in [0.3, 0.4) is 0 Å². The van der Waals surface area contributed by atoms with Gasteiger partial charge in [0.2, 0.25) is 5.91 Å². The Hall–Kier alpha value is -1.32. The number of carbonyl (C=O) groups excluding carboxylic acids is 1. The molecule has 94 valence electrons. The zero-order valence-electron chi connectivity index (χ0n) is 10.8. The molecule has 4 nitrogen and oxygen atoms in total. The number of rotatable bonds is 5. The van der Waals surface area contributed by atoms with Crippen LogP contribution in [-0.4, -0.2) is 15.7 Å². The first-order chi connectivity index (χ1) is 8.08. The molecule has 0 bridgehead atoms. The SMILES string of the molecule is CC(C)CC(=O)Nc1ccnn1C(C)C1CC1. The minimum absolute atomic E-state index is 0.0738. The van der Waals surface area contributed by atoms with E-state index in [9.17, 15) is 4.79 Å². The molecule has 1 heterocycles. The summed E-state index contributed by atoms with van der Waals surface area (Å²) >= 11 is 0. The number of nitrogens with zero attached hydrogens (tertiary/aromatic N) is 2. The van der Waals surface area contributed by atoms with E-state index in [2.05, 4.69) is 17.3 Å². The normalized spacial score (nSPS) is 17.2. The topological polar surface area (TPSA) is 46.9 Å². The molecule has 1 aromatic heterocycles. The summed E-state index contributed by atoms with van der Waals surface area (Å²) in [5, 5.41) is 7.26. The third-order valence-electron chi connectivity index (χ3n) is 3.22. The summed E-state index contributed by atoms with van der Waals surface area (Å²) in [7, 11) is 0. The first kappa shape index (κ1) is 12.1. The summed E-state index contributed by atoms with van der Waals surface area (Å²) in [6.07, 6.45) is 4.87. The Balaban J connectivity index is 2.00. The van der Waals surface area contributed by atoms with Crippen LogP contribution >= 0.6 is 0 Å². The molecule has 1 unspecified atom stereocenters. The maximum Gasteiger partial charge on any atom is 0.225 e. The first-order valence-electron chi connectivity index (χ1n) is 6.41. The van der Waals surface area contributed by atoms with Crippen molar-refractivity contribution >= 4 is 11.7 Å². The third kappa shape index (κ3) is 3.08. The predicted octanol–water partition coefficient (Wildman–Crippen LogP) is 2.84. The third-order valence-corrected chi connectivity index (χ3v) is 3.22. The number of aromatic nitrogens is 2. The molecule has 0 radical (unpaired) electrons. The van der Waals surface area contributed by atoms with Gasteiger partial charge in [-0.1, -0.05) is 13.8 Å². The molecule has 1 aromatic rings. The lowest BCUT2D eigenvalue weighted by Gasteiger charge is -2.15. The van der Waals surface area contributed by atoms with E-state index in [1.807, 2.05) is 24.6 Å². The molecule has 1 atom stereocenters. The van der Waals surface area contributed by atoms with Crippen LogP contribution < -0.4 is 5.32 Å². The summed E-state index contributed by atoms with van der Waals surface area (Å²) in [6, 6.07) is 2.26. The van der Waals surface area contributed by atoms with E-state index in [0.29, 0.717) is 18.4 Å². The Morgan fingerprint density at radius 2 is 2.24 bits per heavy atom. The molecular formula is C13H21N3O. The van der Waals surface area contributed by atoms with Crippen LogP contribution in [0.1, 0.15) is 46.1 Å². The smallest absolute Gasteiger partial charge is 0.225 e. The first-order valence-corrected chi connectivity index (χ1v) is 6.41. The lowest BCUT2D eigenvalue weighted by atomic mass is 10.1. The van der Waals surface area contributed by atoms with E-state index in [1.165, 1.54) is 12.8 Å². The molecule has 0 aromatic carbocycles. The van der Waals surface area contributed by atoms with Gasteiger partial charge in [0.1, 0.15) is 5.82 Å². The van der Waals surface area contributed by atoms with E-state index >= 15 is 0 Å². The van der Waals surface area contributed by atoms with Gasteiger partial charge in [-0.25, -0.2) is 4.68 Å². The minimum Gasteiger partial charge on any atom is -0.311 e. The number of anilines is 1. The second kappa shape index (κ2) is 4.90. The Labute approximate surface area is 102 Å². The highest BCUT2D eigenvalue weighted by Gasteiger charge is 2.30. The summed E-state index contributed by atoms with van der Waals surface area (Å²) in [4.78, 5) is 11.7. The van der Waals surface area contributed by atoms with Gasteiger partial charge in [0.25, 0.3) is 0 Å². The lowest BCUT2D eigenvalue weighted by Crippen LogP contribution is -2.19. The van der Waals surface area contributed by atoms with Gasteiger partial charge in [-0.3, -0.25) is 4.79 Å². The number of carbonyl (C=O) groups is 1. The molecule has 2 rings (SSSR count). The average Bonchev–Trinajstić information content (AvgIpc) is 2.98. The van der Waals surface area contributed by atoms with Crippen molar-refractivity contribution in [1.29, 1.82) is 0 Å². The number of hydrogen-bond acceptors (Lipinski definition) is 2. The molecule has 0 saturated heterocycles. The van der Waals surface area contributed by atoms with Gasteiger partial charge in [0.15, 0.2) is 0 Å². The zero-order chi connectivity index (χ0) is 12.4. The highest BCUT2D eigenvalue weighted by Crippen LogP contribution is 2.40. The van der Waals surface area contributed by atoms with Gasteiger partial charge < -0.3 is 5.32 Å². The summed E-state index contributed by atoms with van der Waals surface area (Å²) in [5.74, 6) is 2.02. The second-order valence-corrected chi connectivity index (χ2v) is 5.39. The van der Waals surface area contributed by atoms with Crippen molar-refractivity contribution < 1.29 is 4.79 Å². The molecule has 17 heavy (non-hydrogen) atoms. The van der Waals surface area contributed by atoms with E-state index in [1.54, 1.807) is 6.20 Å². The predicted molar refractivity (Wildman–Crippen MR) is 67.7 cm³/mol. The zero-order valence-corrected chi connectivity index (χ0v) is 10.8. The number of nitrogens with one attached hydrogen (secondary N) is 1. The molecular weight excluding hydrogens is 214 g/mol. The van der Waals surface area contributed by atoms with E-state index in [4.69, 9.17) is 0 Å². The average molecular weight is 235 g/mol. The summed E-state index contributed by atoms with van der Waals surface area (Å²) in [6.45, 7) is 6.26. The molecule has 0 aliphatic heterocycles. The van der Waals surface area contributed by atoms with Crippen LogP contribution in [0.2, 0.25) is 0 Å². The maximum atomic E-state index is 11.7. The largest absolute Gasteiger partial charge is 0.311 e. The van der Waals surface area contributed by atoms with Gasteiger partial charge in [0.05, 0.1) is 12.2 Å². The quantitative estimate of drug-likeness (QED) is 0.853. The van der Waals surface area contributed by atoms with E-state index < -0.39 is 0 Å². The fraction of sp³-hybridized carbons (Fsp3) is 0.692. The van der Waals surface area contributed by atoms with Gasteiger partial charge >= 0.3 is 0 Å². The molecule has 1 aliphatic rings. The van der Waals surface area contributed by atoms with Gasteiger partial charge in [-0.2, -0.15) is 5.10 Å². The number of amides is 1. The second-order valence-electron chi connectivity index (χ2n) is 5.39. The van der Waals surface area contributed by atoms with Crippen LogP contribution in [0.15, 0.2) is 12.3 Å². The van der Waals surface area contributed by atoms with Crippen LogP contribution in [0.5, 0.6) is 0 Å². The van der Waals surface area contributed by atoms with Crippen molar-refractivity contribution in [1.82, 2.24) is 9.78 Å². The molecule has 0 spiro atoms. The monoisotopic (exact) mass is 235 g/mol. The number of hydrogen-bond donors (Lipinski definition) is 1. The van der Waals surface area contributed by atoms with Crippen molar-refractivity contribution in [3.8, 4) is 0 Å². The van der Waals surface area contributed by atoms with E-state index in [-0.39, 0.29) is 5.91 Å².